The number of ether oxygens (including phenoxy) is 1. The lowest BCUT2D eigenvalue weighted by molar-refractivity contribution is -0.116. The van der Waals surface area contributed by atoms with Crippen molar-refractivity contribution in [2.45, 2.75) is 12.8 Å². The van der Waals surface area contributed by atoms with Crippen LogP contribution < -0.4 is 10.1 Å². The Kier molecular flexibility index (Phi) is 5.29. The molecule has 4 rings (SSSR count). The van der Waals surface area contributed by atoms with Crippen molar-refractivity contribution < 1.29 is 13.9 Å². The molecule has 0 bridgehead atoms. The van der Waals surface area contributed by atoms with Gasteiger partial charge in [0, 0.05) is 28.7 Å². The summed E-state index contributed by atoms with van der Waals surface area (Å²) in [5.41, 5.74) is 4.60. The molecule has 0 atom stereocenters. The van der Waals surface area contributed by atoms with E-state index >= 15 is 0 Å². The van der Waals surface area contributed by atoms with Gasteiger partial charge in [-0.2, -0.15) is 0 Å². The number of halogens is 1. The van der Waals surface area contributed by atoms with Gasteiger partial charge in [-0.1, -0.05) is 24.3 Å². The first-order valence-electron chi connectivity index (χ1n) is 9.42. The Balaban J connectivity index is 1.37. The van der Waals surface area contributed by atoms with E-state index in [0.717, 1.165) is 39.2 Å². The first kappa shape index (κ1) is 18.7. The average molecular weight is 388 g/mol. The van der Waals surface area contributed by atoms with E-state index in [1.54, 1.807) is 13.2 Å². The van der Waals surface area contributed by atoms with Crippen molar-refractivity contribution in [2.75, 3.05) is 12.4 Å². The Bertz CT molecular complexity index is 1130. The molecule has 0 spiro atoms. The van der Waals surface area contributed by atoms with Gasteiger partial charge in [0.1, 0.15) is 11.6 Å². The van der Waals surface area contributed by atoms with Gasteiger partial charge in [0.2, 0.25) is 5.91 Å². The predicted octanol–water partition coefficient (Wildman–Crippen LogP) is 5.55. The number of carbonyl (C=O) groups is 1. The van der Waals surface area contributed by atoms with Gasteiger partial charge < -0.3 is 15.0 Å². The van der Waals surface area contributed by atoms with Crippen molar-refractivity contribution in [1.29, 1.82) is 0 Å². The van der Waals surface area contributed by atoms with Crippen LogP contribution in [0.25, 0.3) is 22.2 Å². The highest BCUT2D eigenvalue weighted by atomic mass is 19.1. The Morgan fingerprint density at radius 1 is 1.00 bits per heavy atom. The van der Waals surface area contributed by atoms with Gasteiger partial charge >= 0.3 is 0 Å². The minimum absolute atomic E-state index is 0.0327. The fourth-order valence-corrected chi connectivity index (χ4v) is 3.27. The zero-order valence-corrected chi connectivity index (χ0v) is 16.0. The number of hydrogen-bond acceptors (Lipinski definition) is 2. The molecule has 0 fully saturated rings. The number of rotatable bonds is 6. The zero-order valence-electron chi connectivity index (χ0n) is 16.0. The number of hydrogen-bond donors (Lipinski definition) is 2. The van der Waals surface area contributed by atoms with E-state index in [-0.39, 0.29) is 11.7 Å². The molecule has 4 aromatic rings. The van der Waals surface area contributed by atoms with E-state index < -0.39 is 0 Å². The van der Waals surface area contributed by atoms with Crippen molar-refractivity contribution in [2.24, 2.45) is 0 Å². The van der Waals surface area contributed by atoms with Crippen LogP contribution >= 0.6 is 0 Å². The lowest BCUT2D eigenvalue weighted by atomic mass is 10.1. The Labute approximate surface area is 168 Å². The number of methoxy groups -OCH3 is 1. The van der Waals surface area contributed by atoms with E-state index in [1.165, 1.54) is 12.1 Å². The van der Waals surface area contributed by atoms with Gasteiger partial charge in [-0.15, -0.1) is 0 Å². The van der Waals surface area contributed by atoms with Crippen molar-refractivity contribution >= 4 is 22.5 Å². The van der Waals surface area contributed by atoms with Crippen LogP contribution in [0, 0.1) is 5.82 Å². The van der Waals surface area contributed by atoms with Gasteiger partial charge in [-0.3, -0.25) is 4.79 Å². The number of anilines is 1. The highest BCUT2D eigenvalue weighted by molar-refractivity contribution is 5.91. The van der Waals surface area contributed by atoms with Crippen LogP contribution in [0.15, 0.2) is 72.8 Å². The summed E-state index contributed by atoms with van der Waals surface area (Å²) in [6.45, 7) is 0. The Morgan fingerprint density at radius 3 is 2.48 bits per heavy atom. The first-order chi connectivity index (χ1) is 14.1. The molecule has 0 saturated carbocycles. The average Bonchev–Trinajstić information content (AvgIpc) is 3.16. The molecule has 1 aromatic heterocycles. The molecule has 5 heteroatoms. The molecule has 0 aliphatic rings. The number of H-pyrrole nitrogens is 1. The third-order valence-corrected chi connectivity index (χ3v) is 4.86. The molecule has 1 amide bonds. The van der Waals surface area contributed by atoms with Gasteiger partial charge in [-0.05, 0) is 66.1 Å². The lowest BCUT2D eigenvalue weighted by Gasteiger charge is -2.07. The van der Waals surface area contributed by atoms with Gasteiger partial charge in [0.05, 0.1) is 7.11 Å². The Hall–Kier alpha value is -3.60. The highest BCUT2D eigenvalue weighted by Gasteiger charge is 2.07. The molecule has 4 nitrogen and oxygen atoms in total. The summed E-state index contributed by atoms with van der Waals surface area (Å²) in [6, 6.07) is 21.9. The quantitative estimate of drug-likeness (QED) is 0.455. The van der Waals surface area contributed by atoms with Gasteiger partial charge in [-0.25, -0.2) is 4.39 Å². The van der Waals surface area contributed by atoms with Gasteiger partial charge in [0.25, 0.3) is 0 Å². The number of aromatic amines is 1. The van der Waals surface area contributed by atoms with Gasteiger partial charge in [0.15, 0.2) is 0 Å². The summed E-state index contributed by atoms with van der Waals surface area (Å²) >= 11 is 0. The zero-order chi connectivity index (χ0) is 20.2. The Morgan fingerprint density at radius 2 is 1.76 bits per heavy atom. The van der Waals surface area contributed by atoms with Crippen molar-refractivity contribution in [3.63, 3.8) is 0 Å². The summed E-state index contributed by atoms with van der Waals surface area (Å²) in [6.07, 6.45) is 1.07. The number of benzene rings is 3. The maximum absolute atomic E-state index is 13.4. The molecule has 3 aromatic carbocycles. The van der Waals surface area contributed by atoms with Crippen LogP contribution in [0.1, 0.15) is 12.0 Å². The van der Waals surface area contributed by atoms with Crippen molar-refractivity contribution in [3.05, 3.63) is 84.2 Å². The second-order valence-corrected chi connectivity index (χ2v) is 6.89. The van der Waals surface area contributed by atoms with Crippen LogP contribution in [0.4, 0.5) is 10.1 Å². The predicted molar refractivity (Wildman–Crippen MR) is 114 cm³/mol. The molecule has 1 heterocycles. The summed E-state index contributed by atoms with van der Waals surface area (Å²) < 4.78 is 18.5. The van der Waals surface area contributed by atoms with Crippen LogP contribution in [0.5, 0.6) is 5.75 Å². The molecule has 146 valence electrons. The summed E-state index contributed by atoms with van der Waals surface area (Å²) in [7, 11) is 1.63. The molecule has 0 saturated heterocycles. The third-order valence-electron chi connectivity index (χ3n) is 4.86. The van der Waals surface area contributed by atoms with Crippen LogP contribution in [-0.4, -0.2) is 18.0 Å². The molecule has 0 radical (unpaired) electrons. The minimum atomic E-state index is -0.254. The van der Waals surface area contributed by atoms with Crippen LogP contribution in [0.3, 0.4) is 0 Å². The molecule has 2 N–H and O–H groups in total. The van der Waals surface area contributed by atoms with Crippen LogP contribution in [-0.2, 0) is 11.2 Å². The fourth-order valence-electron chi connectivity index (χ4n) is 3.27. The lowest BCUT2D eigenvalue weighted by Crippen LogP contribution is -2.12. The summed E-state index contributed by atoms with van der Waals surface area (Å²) in [4.78, 5) is 15.5. The SMILES string of the molecule is COc1ccc(CCC(=O)Nc2ccc(-c3cc4cc(F)ccc4[nH]3)cc2)cc1. The van der Waals surface area contributed by atoms with E-state index in [1.807, 2.05) is 54.6 Å². The summed E-state index contributed by atoms with van der Waals surface area (Å²) in [5.74, 6) is 0.517. The number of amides is 1. The maximum Gasteiger partial charge on any atom is 0.224 e. The third kappa shape index (κ3) is 4.46. The number of aryl methyl sites for hydroxylation is 1. The summed E-state index contributed by atoms with van der Waals surface area (Å²) in [5, 5.41) is 3.75. The van der Waals surface area contributed by atoms with E-state index in [4.69, 9.17) is 4.74 Å². The maximum atomic E-state index is 13.4. The first-order valence-corrected chi connectivity index (χ1v) is 9.42. The number of carbonyl (C=O) groups excluding carboxylic acids is 1. The fraction of sp³-hybridized carbons (Fsp3) is 0.125. The molecule has 29 heavy (non-hydrogen) atoms. The van der Waals surface area contributed by atoms with Crippen molar-refractivity contribution in [1.82, 2.24) is 4.98 Å². The smallest absolute Gasteiger partial charge is 0.224 e. The highest BCUT2D eigenvalue weighted by Crippen LogP contribution is 2.26. The standard InChI is InChI=1S/C24H21FN2O2/c1-29-21-10-2-16(3-11-21)4-13-24(28)26-20-8-5-17(6-9-20)23-15-18-14-19(25)7-12-22(18)27-23/h2-3,5-12,14-15,27H,4,13H2,1H3,(H,26,28). The van der Waals surface area contributed by atoms with E-state index in [0.29, 0.717) is 12.8 Å². The largest absolute Gasteiger partial charge is 0.497 e. The molecular formula is C24H21FN2O2. The minimum Gasteiger partial charge on any atom is -0.497 e. The van der Waals surface area contributed by atoms with Crippen LogP contribution in [0.2, 0.25) is 0 Å². The normalized spacial score (nSPS) is 10.8. The second-order valence-electron chi connectivity index (χ2n) is 6.89. The number of nitrogens with one attached hydrogen (secondary N) is 2. The molecule has 0 aliphatic carbocycles. The van der Waals surface area contributed by atoms with E-state index in [2.05, 4.69) is 10.3 Å². The van der Waals surface area contributed by atoms with Crippen molar-refractivity contribution in [3.8, 4) is 17.0 Å². The topological polar surface area (TPSA) is 54.1 Å². The van der Waals surface area contributed by atoms with E-state index in [9.17, 15) is 9.18 Å². The monoisotopic (exact) mass is 388 g/mol. The molecule has 0 unspecified atom stereocenters. The second kappa shape index (κ2) is 8.19. The number of aromatic nitrogens is 1. The number of fused-ring (bicyclic) bond motifs is 1. The molecular weight excluding hydrogens is 367 g/mol. The molecule has 0 aliphatic heterocycles.